The summed E-state index contributed by atoms with van der Waals surface area (Å²) in [7, 11) is 0.909. The standard InChI is InChI=1S/C30H70N2O2Si5/c1-31(2)27-15-19-29(20-16-27)35(5,6)23-25-37(9,10)33-39(13,14)34-38(11,12)26-24-36(7,8)30-21-17-28(18-22-30)32(3)4/h27-30H,15-26H2,1-14H3. The Morgan fingerprint density at radius 3 is 1.00 bits per heavy atom. The van der Waals surface area contributed by atoms with Gasteiger partial charge in [0.1, 0.15) is 0 Å². The lowest BCUT2D eigenvalue weighted by molar-refractivity contribution is 0.227. The van der Waals surface area contributed by atoms with Crippen LogP contribution in [0.5, 0.6) is 0 Å². The van der Waals surface area contributed by atoms with E-state index >= 15 is 0 Å². The number of rotatable bonds is 14. The Labute approximate surface area is 250 Å². The maximum atomic E-state index is 7.09. The van der Waals surface area contributed by atoms with E-state index in [1.54, 1.807) is 0 Å². The molecule has 0 spiro atoms. The Balaban J connectivity index is 1.85. The first kappa shape index (κ1) is 36.1. The fraction of sp³-hybridized carbons (Fsp3) is 1.00. The van der Waals surface area contributed by atoms with E-state index < -0.39 is 41.3 Å². The van der Waals surface area contributed by atoms with Crippen molar-refractivity contribution in [3.63, 3.8) is 0 Å². The van der Waals surface area contributed by atoms with E-state index in [1.807, 2.05) is 0 Å². The molecule has 0 saturated heterocycles. The minimum atomic E-state index is -2.15. The second kappa shape index (κ2) is 14.1. The summed E-state index contributed by atoms with van der Waals surface area (Å²) in [5.41, 5.74) is 1.99. The fourth-order valence-electron chi connectivity index (χ4n) is 7.86. The fourth-order valence-corrected chi connectivity index (χ4v) is 34.4. The first-order valence-electron chi connectivity index (χ1n) is 16.4. The Kier molecular flexibility index (Phi) is 13.1. The van der Waals surface area contributed by atoms with Gasteiger partial charge < -0.3 is 18.0 Å². The third-order valence-corrected chi connectivity index (χ3v) is 31.8. The molecule has 2 aliphatic carbocycles. The molecule has 0 aromatic carbocycles. The SMILES string of the molecule is CN(C)C1CCC([Si](C)(C)CC[Si](C)(C)O[Si](C)(C)O[Si](C)(C)CC[Si](C)(C)C2CCC(N(C)C)CC2)CC1. The van der Waals surface area contributed by atoms with Crippen molar-refractivity contribution in [3.05, 3.63) is 0 Å². The van der Waals surface area contributed by atoms with Gasteiger partial charge in [-0.1, -0.05) is 64.0 Å². The van der Waals surface area contributed by atoms with Crippen LogP contribution in [0.3, 0.4) is 0 Å². The molecule has 2 rings (SSSR count). The Morgan fingerprint density at radius 1 is 0.462 bits per heavy atom. The van der Waals surface area contributed by atoms with Crippen molar-refractivity contribution in [1.29, 1.82) is 0 Å². The zero-order valence-corrected chi connectivity index (χ0v) is 34.0. The highest BCUT2D eigenvalue weighted by Crippen LogP contribution is 2.43. The van der Waals surface area contributed by atoms with Crippen LogP contribution in [-0.4, -0.2) is 91.4 Å². The normalized spacial score (nSPS) is 26.5. The molecular weight excluding hydrogens is 561 g/mol. The van der Waals surface area contributed by atoms with Gasteiger partial charge in [-0.25, -0.2) is 0 Å². The van der Waals surface area contributed by atoms with Crippen molar-refractivity contribution in [2.45, 2.75) is 164 Å². The van der Waals surface area contributed by atoms with Crippen LogP contribution in [0.15, 0.2) is 0 Å². The van der Waals surface area contributed by atoms with Crippen molar-refractivity contribution >= 4 is 41.3 Å². The minimum absolute atomic E-state index is 0.808. The van der Waals surface area contributed by atoms with Gasteiger partial charge >= 0.3 is 8.56 Å². The van der Waals surface area contributed by atoms with Gasteiger partial charge in [0.2, 0.25) is 0 Å². The molecule has 0 aliphatic heterocycles. The lowest BCUT2D eigenvalue weighted by Crippen LogP contribution is -2.53. The van der Waals surface area contributed by atoms with E-state index in [1.165, 1.54) is 75.5 Å². The summed E-state index contributed by atoms with van der Waals surface area (Å²) in [6.07, 6.45) is 11.4. The van der Waals surface area contributed by atoms with E-state index in [0.29, 0.717) is 0 Å². The summed E-state index contributed by atoms with van der Waals surface area (Å²) >= 11 is 0. The largest absolute Gasteiger partial charge is 0.437 e. The van der Waals surface area contributed by atoms with Crippen LogP contribution >= 0.6 is 0 Å². The maximum Gasteiger partial charge on any atom is 0.311 e. The van der Waals surface area contributed by atoms with Crippen LogP contribution in [0, 0.1) is 0 Å². The molecule has 0 atom stereocenters. The topological polar surface area (TPSA) is 24.9 Å². The lowest BCUT2D eigenvalue weighted by Gasteiger charge is -2.43. The van der Waals surface area contributed by atoms with Gasteiger partial charge in [0.25, 0.3) is 0 Å². The molecule has 2 saturated carbocycles. The van der Waals surface area contributed by atoms with E-state index in [2.05, 4.69) is 103 Å². The first-order valence-corrected chi connectivity index (χ1v) is 32.0. The molecule has 0 amide bonds. The van der Waals surface area contributed by atoms with Gasteiger partial charge in [0.05, 0.1) is 16.1 Å². The molecule has 0 aromatic rings. The quantitative estimate of drug-likeness (QED) is 0.179. The highest BCUT2D eigenvalue weighted by Gasteiger charge is 2.43. The predicted octanol–water partition coefficient (Wildman–Crippen LogP) is 9.30. The monoisotopic (exact) mass is 630 g/mol. The van der Waals surface area contributed by atoms with Crippen molar-refractivity contribution in [1.82, 2.24) is 9.80 Å². The van der Waals surface area contributed by atoms with Crippen LogP contribution in [0.4, 0.5) is 0 Å². The van der Waals surface area contributed by atoms with Gasteiger partial charge in [0.15, 0.2) is 16.6 Å². The first-order chi connectivity index (χ1) is 17.6. The summed E-state index contributed by atoms with van der Waals surface area (Å²) in [5.74, 6) is 0. The van der Waals surface area contributed by atoms with E-state index in [-0.39, 0.29) is 0 Å². The Hall–Kier alpha value is 0.924. The second-order valence-corrected chi connectivity index (χ2v) is 40.1. The molecule has 4 nitrogen and oxygen atoms in total. The van der Waals surface area contributed by atoms with Crippen molar-refractivity contribution in [2.75, 3.05) is 28.2 Å². The van der Waals surface area contributed by atoms with Crippen molar-refractivity contribution < 1.29 is 8.23 Å². The van der Waals surface area contributed by atoms with Crippen LogP contribution < -0.4 is 0 Å². The Morgan fingerprint density at radius 2 is 0.744 bits per heavy atom. The van der Waals surface area contributed by atoms with Gasteiger partial charge in [-0.3, -0.25) is 0 Å². The summed E-state index contributed by atoms with van der Waals surface area (Å²) in [5, 5.41) is 0. The molecule has 0 N–H and O–H groups in total. The van der Waals surface area contributed by atoms with Gasteiger partial charge in [-0.15, -0.1) is 0 Å². The molecule has 0 heterocycles. The van der Waals surface area contributed by atoms with Crippen LogP contribution in [0.25, 0.3) is 0 Å². The zero-order valence-electron chi connectivity index (χ0n) is 29.0. The number of hydrogen-bond donors (Lipinski definition) is 0. The number of nitrogens with zero attached hydrogens (tertiary/aromatic N) is 2. The lowest BCUT2D eigenvalue weighted by atomic mass is 9.94. The molecule has 0 aromatic heterocycles. The van der Waals surface area contributed by atoms with Gasteiger partial charge in [0, 0.05) is 12.1 Å². The summed E-state index contributed by atoms with van der Waals surface area (Å²) < 4.78 is 14.2. The van der Waals surface area contributed by atoms with Crippen LogP contribution in [0.1, 0.15) is 51.4 Å². The smallest absolute Gasteiger partial charge is 0.311 e. The average molecular weight is 631 g/mol. The predicted molar refractivity (Wildman–Crippen MR) is 188 cm³/mol. The Bertz CT molecular complexity index is 682. The molecule has 0 bridgehead atoms. The summed E-state index contributed by atoms with van der Waals surface area (Å²) in [6.45, 7) is 25.3. The van der Waals surface area contributed by atoms with Gasteiger partial charge in [-0.2, -0.15) is 0 Å². The summed E-state index contributed by atoms with van der Waals surface area (Å²) in [6, 6.07) is 7.12. The van der Waals surface area contributed by atoms with Crippen LogP contribution in [-0.2, 0) is 8.23 Å². The molecule has 232 valence electrons. The highest BCUT2D eigenvalue weighted by molar-refractivity contribution is 6.89. The summed E-state index contributed by atoms with van der Waals surface area (Å²) in [4.78, 5) is 4.90. The molecule has 0 radical (unpaired) electrons. The van der Waals surface area contributed by atoms with E-state index in [4.69, 9.17) is 8.23 Å². The second-order valence-electron chi connectivity index (χ2n) is 17.0. The van der Waals surface area contributed by atoms with Crippen LogP contribution in [0.2, 0.25) is 101 Å². The molecule has 2 aliphatic rings. The van der Waals surface area contributed by atoms with E-state index in [9.17, 15) is 0 Å². The minimum Gasteiger partial charge on any atom is -0.437 e. The molecule has 9 heteroatoms. The van der Waals surface area contributed by atoms with Crippen molar-refractivity contribution in [3.8, 4) is 0 Å². The zero-order chi connectivity index (χ0) is 29.9. The molecule has 0 unspecified atom stereocenters. The average Bonchev–Trinajstić information content (AvgIpc) is 2.80. The van der Waals surface area contributed by atoms with Crippen molar-refractivity contribution in [2.24, 2.45) is 0 Å². The molecule has 39 heavy (non-hydrogen) atoms. The maximum absolute atomic E-state index is 7.09. The van der Waals surface area contributed by atoms with E-state index in [0.717, 1.165) is 23.2 Å². The highest BCUT2D eigenvalue weighted by atomic mass is 28.5. The number of hydrogen-bond acceptors (Lipinski definition) is 4. The molecular formula is C30H70N2O2Si5. The third-order valence-electron chi connectivity index (χ3n) is 10.9. The van der Waals surface area contributed by atoms with Gasteiger partial charge in [-0.05, 0) is 116 Å². The third kappa shape index (κ3) is 11.8. The molecule has 2 fully saturated rings.